The summed E-state index contributed by atoms with van der Waals surface area (Å²) in [5.41, 5.74) is 1.27. The first-order valence-corrected chi connectivity index (χ1v) is 7.61. The van der Waals surface area contributed by atoms with Gasteiger partial charge in [-0.15, -0.1) is 11.8 Å². The molecule has 0 aliphatic heterocycles. The van der Waals surface area contributed by atoms with Crippen LogP contribution in [0.4, 0.5) is 0 Å². The third kappa shape index (κ3) is 6.10. The Kier molecular flexibility index (Phi) is 6.58. The number of carbonyl (C=O) groups excluding carboxylic acids is 1. The van der Waals surface area contributed by atoms with Gasteiger partial charge in [0.1, 0.15) is 0 Å². The van der Waals surface area contributed by atoms with E-state index in [0.29, 0.717) is 11.7 Å². The normalized spacial score (nSPS) is 12.2. The Morgan fingerprint density at radius 3 is 2.30 bits per heavy atom. The average Bonchev–Trinajstić information content (AvgIpc) is 2.35. The number of aliphatic carboxylic acids is 1. The quantitative estimate of drug-likeness (QED) is 0.759. The molecule has 0 aromatic heterocycles. The average molecular weight is 295 g/mol. The summed E-state index contributed by atoms with van der Waals surface area (Å²) >= 11 is 1.45. The van der Waals surface area contributed by atoms with Gasteiger partial charge in [-0.25, -0.2) is 0 Å². The number of nitrogens with one attached hydrogen (secondary N) is 1. The van der Waals surface area contributed by atoms with Crippen LogP contribution in [0.2, 0.25) is 0 Å². The Balaban J connectivity index is 2.39. The van der Waals surface area contributed by atoms with Gasteiger partial charge in [-0.3, -0.25) is 9.59 Å². The van der Waals surface area contributed by atoms with Crippen LogP contribution in [0.5, 0.6) is 0 Å². The van der Waals surface area contributed by atoms with Gasteiger partial charge in [0.2, 0.25) is 5.91 Å². The first-order chi connectivity index (χ1) is 9.38. The highest BCUT2D eigenvalue weighted by Gasteiger charge is 2.11. The highest BCUT2D eigenvalue weighted by atomic mass is 32.2. The van der Waals surface area contributed by atoms with E-state index in [1.54, 1.807) is 6.92 Å². The molecule has 20 heavy (non-hydrogen) atoms. The second-order valence-electron chi connectivity index (χ2n) is 5.08. The van der Waals surface area contributed by atoms with Crippen molar-refractivity contribution in [1.82, 2.24) is 5.32 Å². The maximum atomic E-state index is 11.7. The number of hydrogen-bond acceptors (Lipinski definition) is 3. The summed E-state index contributed by atoms with van der Waals surface area (Å²) in [4.78, 5) is 23.2. The molecule has 0 saturated carbocycles. The third-order valence-corrected chi connectivity index (χ3v) is 3.82. The minimum Gasteiger partial charge on any atom is -0.481 e. The molecular weight excluding hydrogens is 274 g/mol. The van der Waals surface area contributed by atoms with Crippen molar-refractivity contribution < 1.29 is 14.7 Å². The van der Waals surface area contributed by atoms with Gasteiger partial charge in [-0.2, -0.15) is 0 Å². The van der Waals surface area contributed by atoms with Gasteiger partial charge in [-0.05, 0) is 30.5 Å². The maximum absolute atomic E-state index is 11.7. The zero-order chi connectivity index (χ0) is 15.1. The zero-order valence-electron chi connectivity index (χ0n) is 12.1. The van der Waals surface area contributed by atoms with Crippen LogP contribution in [0.1, 0.15) is 38.7 Å². The van der Waals surface area contributed by atoms with Crippen LogP contribution in [0, 0.1) is 0 Å². The van der Waals surface area contributed by atoms with Crippen molar-refractivity contribution in [2.75, 3.05) is 5.75 Å². The van der Waals surface area contributed by atoms with Crippen molar-refractivity contribution in [2.45, 2.75) is 44.0 Å². The lowest BCUT2D eigenvalue weighted by Crippen LogP contribution is -2.35. The largest absolute Gasteiger partial charge is 0.481 e. The van der Waals surface area contributed by atoms with Crippen molar-refractivity contribution in [2.24, 2.45) is 0 Å². The molecule has 1 atom stereocenters. The highest BCUT2D eigenvalue weighted by Crippen LogP contribution is 2.21. The summed E-state index contributed by atoms with van der Waals surface area (Å²) in [7, 11) is 0. The predicted octanol–water partition coefficient (Wildman–Crippen LogP) is 2.88. The number of hydrogen-bond donors (Lipinski definition) is 2. The van der Waals surface area contributed by atoms with Crippen LogP contribution in [0.3, 0.4) is 0 Å². The number of amides is 1. The molecule has 1 rings (SSSR count). The molecule has 0 aliphatic carbocycles. The van der Waals surface area contributed by atoms with Gasteiger partial charge >= 0.3 is 5.97 Å². The first kappa shape index (κ1) is 16.6. The van der Waals surface area contributed by atoms with E-state index >= 15 is 0 Å². The SMILES string of the molecule is CC(CC(=O)O)NC(=O)CSc1ccc(C(C)C)cc1. The van der Waals surface area contributed by atoms with Crippen molar-refractivity contribution in [3.05, 3.63) is 29.8 Å². The lowest BCUT2D eigenvalue weighted by atomic mass is 10.0. The van der Waals surface area contributed by atoms with Crippen molar-refractivity contribution in [1.29, 1.82) is 0 Å². The highest BCUT2D eigenvalue weighted by molar-refractivity contribution is 8.00. The summed E-state index contributed by atoms with van der Waals surface area (Å²) in [6.07, 6.45) is -0.0561. The minimum atomic E-state index is -0.908. The maximum Gasteiger partial charge on any atom is 0.305 e. The molecule has 1 amide bonds. The Hall–Kier alpha value is -1.49. The molecule has 5 heteroatoms. The molecule has 2 N–H and O–H groups in total. The van der Waals surface area contributed by atoms with Crippen LogP contribution >= 0.6 is 11.8 Å². The Bertz CT molecular complexity index is 457. The molecule has 0 heterocycles. The molecule has 0 radical (unpaired) electrons. The second-order valence-corrected chi connectivity index (χ2v) is 6.13. The number of carboxylic acids is 1. The van der Waals surface area contributed by atoms with Gasteiger partial charge in [0.25, 0.3) is 0 Å². The Morgan fingerprint density at radius 2 is 1.80 bits per heavy atom. The van der Waals surface area contributed by atoms with Crippen LogP contribution < -0.4 is 5.32 Å². The van der Waals surface area contributed by atoms with Gasteiger partial charge in [-0.1, -0.05) is 26.0 Å². The molecule has 1 aromatic carbocycles. The molecular formula is C15H21NO3S. The van der Waals surface area contributed by atoms with Crippen molar-refractivity contribution in [3.63, 3.8) is 0 Å². The lowest BCUT2D eigenvalue weighted by molar-refractivity contribution is -0.137. The fraction of sp³-hybridized carbons (Fsp3) is 0.467. The first-order valence-electron chi connectivity index (χ1n) is 6.62. The molecule has 0 bridgehead atoms. The summed E-state index contributed by atoms with van der Waals surface area (Å²) in [5, 5.41) is 11.3. The van der Waals surface area contributed by atoms with Crippen molar-refractivity contribution in [3.8, 4) is 0 Å². The number of benzene rings is 1. The standard InChI is InChI=1S/C15H21NO3S/c1-10(2)12-4-6-13(7-5-12)20-9-14(17)16-11(3)8-15(18)19/h4-7,10-11H,8-9H2,1-3H3,(H,16,17)(H,18,19). The smallest absolute Gasteiger partial charge is 0.305 e. The fourth-order valence-corrected chi connectivity index (χ4v) is 2.44. The fourth-order valence-electron chi connectivity index (χ4n) is 1.73. The van der Waals surface area contributed by atoms with Gasteiger partial charge < -0.3 is 10.4 Å². The van der Waals surface area contributed by atoms with Crippen LogP contribution in [-0.2, 0) is 9.59 Å². The van der Waals surface area contributed by atoms with Crippen LogP contribution in [0.15, 0.2) is 29.2 Å². The zero-order valence-corrected chi connectivity index (χ0v) is 12.9. The summed E-state index contributed by atoms with van der Waals surface area (Å²) in [5.74, 6) is -0.258. The predicted molar refractivity (Wildman–Crippen MR) is 81.1 cm³/mol. The molecule has 1 aromatic rings. The van der Waals surface area contributed by atoms with E-state index in [1.165, 1.54) is 17.3 Å². The molecule has 0 fully saturated rings. The van der Waals surface area contributed by atoms with Crippen LogP contribution in [-0.4, -0.2) is 28.8 Å². The molecule has 4 nitrogen and oxygen atoms in total. The third-order valence-electron chi connectivity index (χ3n) is 2.80. The number of carboxylic acid groups (broad SMARTS) is 1. The summed E-state index contributed by atoms with van der Waals surface area (Å²) in [6, 6.07) is 7.81. The molecule has 0 saturated heterocycles. The lowest BCUT2D eigenvalue weighted by Gasteiger charge is -2.11. The topological polar surface area (TPSA) is 66.4 Å². The summed E-state index contributed by atoms with van der Waals surface area (Å²) in [6.45, 7) is 5.97. The Labute approximate surface area is 124 Å². The van der Waals surface area contributed by atoms with E-state index in [-0.39, 0.29) is 18.4 Å². The molecule has 0 aliphatic rings. The number of carbonyl (C=O) groups is 2. The van der Waals surface area contributed by atoms with E-state index in [1.807, 2.05) is 12.1 Å². The van der Waals surface area contributed by atoms with E-state index < -0.39 is 5.97 Å². The van der Waals surface area contributed by atoms with Crippen LogP contribution in [0.25, 0.3) is 0 Å². The van der Waals surface area contributed by atoms with Gasteiger partial charge in [0.15, 0.2) is 0 Å². The number of thioether (sulfide) groups is 1. The van der Waals surface area contributed by atoms with Gasteiger partial charge in [0, 0.05) is 10.9 Å². The van der Waals surface area contributed by atoms with E-state index in [4.69, 9.17) is 5.11 Å². The van der Waals surface area contributed by atoms with Crippen molar-refractivity contribution >= 4 is 23.6 Å². The molecule has 0 spiro atoms. The van der Waals surface area contributed by atoms with E-state index in [0.717, 1.165) is 4.90 Å². The molecule has 110 valence electrons. The second kappa shape index (κ2) is 7.94. The number of rotatable bonds is 7. The summed E-state index contributed by atoms with van der Waals surface area (Å²) < 4.78 is 0. The monoisotopic (exact) mass is 295 g/mol. The Morgan fingerprint density at radius 1 is 1.20 bits per heavy atom. The van der Waals surface area contributed by atoms with Gasteiger partial charge in [0.05, 0.1) is 12.2 Å². The molecule has 1 unspecified atom stereocenters. The minimum absolute atomic E-state index is 0.0561. The van der Waals surface area contributed by atoms with E-state index in [9.17, 15) is 9.59 Å². The van der Waals surface area contributed by atoms with E-state index in [2.05, 4.69) is 31.3 Å².